The second-order valence-electron chi connectivity index (χ2n) is 9.69. The van der Waals surface area contributed by atoms with Crippen LogP contribution in [0.4, 0.5) is 0 Å². The van der Waals surface area contributed by atoms with E-state index in [9.17, 15) is 15.0 Å². The quantitative estimate of drug-likeness (QED) is 0.679. The van der Waals surface area contributed by atoms with Gasteiger partial charge in [-0.15, -0.1) is 0 Å². The molecule has 0 aliphatic heterocycles. The lowest BCUT2D eigenvalue weighted by Crippen LogP contribution is -2.31. The highest BCUT2D eigenvalue weighted by atomic mass is 16.3. The molecule has 2 unspecified atom stereocenters. The molecule has 3 rings (SSSR count). The van der Waals surface area contributed by atoms with Crippen molar-refractivity contribution in [3.8, 4) is 0 Å². The summed E-state index contributed by atoms with van der Waals surface area (Å²) in [5.41, 5.74) is 1.87. The van der Waals surface area contributed by atoms with E-state index >= 15 is 0 Å². The Morgan fingerprint density at radius 1 is 1.11 bits per heavy atom. The number of rotatable bonds is 6. The third-order valence-electron chi connectivity index (χ3n) is 7.18. The van der Waals surface area contributed by atoms with E-state index in [-0.39, 0.29) is 11.9 Å². The van der Waals surface area contributed by atoms with Crippen LogP contribution in [-0.2, 0) is 4.79 Å². The van der Waals surface area contributed by atoms with Crippen LogP contribution in [0.3, 0.4) is 0 Å². The molecule has 3 aliphatic carbocycles. The van der Waals surface area contributed by atoms with Crippen molar-refractivity contribution >= 4 is 5.78 Å². The highest BCUT2D eigenvalue weighted by molar-refractivity contribution is 5.86. The van der Waals surface area contributed by atoms with Crippen molar-refractivity contribution in [3.63, 3.8) is 0 Å². The number of ketones is 1. The molecule has 4 atom stereocenters. The maximum atomic E-state index is 11.9. The van der Waals surface area contributed by atoms with Crippen LogP contribution in [0, 0.1) is 17.8 Å². The van der Waals surface area contributed by atoms with Crippen LogP contribution >= 0.6 is 0 Å². The van der Waals surface area contributed by atoms with Crippen LogP contribution in [0.5, 0.6) is 0 Å². The summed E-state index contributed by atoms with van der Waals surface area (Å²) < 4.78 is 0. The zero-order valence-corrected chi connectivity index (χ0v) is 17.3. The minimum atomic E-state index is -1.18. The molecule has 0 aromatic carbocycles. The monoisotopic (exact) mass is 374 g/mol. The maximum absolute atomic E-state index is 11.9. The summed E-state index contributed by atoms with van der Waals surface area (Å²) in [6, 6.07) is 0. The first-order chi connectivity index (χ1) is 12.8. The molecule has 0 heterocycles. The number of aliphatic hydroxyl groups excluding tert-OH is 1. The summed E-state index contributed by atoms with van der Waals surface area (Å²) in [6.07, 6.45) is 17.6. The van der Waals surface area contributed by atoms with Gasteiger partial charge in [-0.05, 0) is 102 Å². The van der Waals surface area contributed by atoms with Gasteiger partial charge in [0.25, 0.3) is 0 Å². The smallest absolute Gasteiger partial charge is 0.163 e. The molecule has 2 N–H and O–H groups in total. The molecular formula is C24H38O3. The summed E-state index contributed by atoms with van der Waals surface area (Å²) in [5, 5.41) is 19.7. The minimum Gasteiger partial charge on any atom is -0.393 e. The average molecular weight is 375 g/mol. The molecule has 27 heavy (non-hydrogen) atoms. The van der Waals surface area contributed by atoms with Crippen molar-refractivity contribution < 1.29 is 15.0 Å². The first kappa shape index (κ1) is 20.8. The van der Waals surface area contributed by atoms with Crippen LogP contribution in [0.25, 0.3) is 0 Å². The summed E-state index contributed by atoms with van der Waals surface area (Å²) in [6.45, 7) is 3.19. The van der Waals surface area contributed by atoms with Crippen molar-refractivity contribution in [1.29, 1.82) is 0 Å². The number of fused-ring (bicyclic) bond motifs is 1. The van der Waals surface area contributed by atoms with Gasteiger partial charge in [-0.2, -0.15) is 0 Å². The number of Topliss-reactive ketones (excluding diaryl/α,β-unsaturated/α-hetero) is 1. The number of carbonyl (C=O) groups excluding carboxylic acids is 1. The van der Waals surface area contributed by atoms with Gasteiger partial charge >= 0.3 is 0 Å². The molecule has 0 spiro atoms. The molecule has 0 aromatic rings. The fourth-order valence-electron chi connectivity index (χ4n) is 5.62. The third-order valence-corrected chi connectivity index (χ3v) is 7.18. The first-order valence-corrected chi connectivity index (χ1v) is 11.2. The average Bonchev–Trinajstić information content (AvgIpc) is 3.03. The van der Waals surface area contributed by atoms with Gasteiger partial charge in [-0.25, -0.2) is 0 Å². The fraction of sp³-hybridized carbons (Fsp3) is 0.792. The van der Waals surface area contributed by atoms with Gasteiger partial charge in [0.2, 0.25) is 0 Å². The van der Waals surface area contributed by atoms with E-state index in [0.717, 1.165) is 56.3 Å². The fourth-order valence-corrected chi connectivity index (χ4v) is 5.62. The molecule has 0 saturated heterocycles. The Morgan fingerprint density at radius 3 is 2.63 bits per heavy atom. The molecule has 0 bridgehead atoms. The van der Waals surface area contributed by atoms with Crippen LogP contribution in [-0.4, -0.2) is 27.7 Å². The van der Waals surface area contributed by atoms with E-state index in [2.05, 4.69) is 12.2 Å². The molecule has 0 radical (unpaired) electrons. The lowest BCUT2D eigenvalue weighted by Gasteiger charge is -2.32. The summed E-state index contributed by atoms with van der Waals surface area (Å²) in [5.74, 6) is 2.25. The van der Waals surface area contributed by atoms with E-state index in [1.165, 1.54) is 37.7 Å². The van der Waals surface area contributed by atoms with Gasteiger partial charge in [0.05, 0.1) is 6.10 Å². The van der Waals surface area contributed by atoms with Gasteiger partial charge in [-0.1, -0.05) is 23.3 Å². The van der Waals surface area contributed by atoms with Gasteiger partial charge in [0.1, 0.15) is 5.60 Å². The zero-order valence-electron chi connectivity index (χ0n) is 17.3. The van der Waals surface area contributed by atoms with E-state index < -0.39 is 5.60 Å². The SMILES string of the molecule is CC(C)(O)C(=O)CCCC1CCC2/C(=C/C=C3/CCC[C@H](O)C3)CCC[C@H]12. The normalized spacial score (nSPS) is 34.8. The third kappa shape index (κ3) is 5.54. The van der Waals surface area contributed by atoms with Gasteiger partial charge in [0, 0.05) is 6.42 Å². The molecule has 3 aliphatic rings. The Labute approximate surface area is 164 Å². The van der Waals surface area contributed by atoms with E-state index in [0.29, 0.717) is 6.42 Å². The number of carbonyl (C=O) groups is 1. The van der Waals surface area contributed by atoms with Crippen LogP contribution in [0.1, 0.15) is 90.9 Å². The maximum Gasteiger partial charge on any atom is 0.163 e. The topological polar surface area (TPSA) is 57.5 Å². The Bertz CT molecular complexity index is 581. The highest BCUT2D eigenvalue weighted by Crippen LogP contribution is 2.50. The van der Waals surface area contributed by atoms with Crippen molar-refractivity contribution in [3.05, 3.63) is 23.3 Å². The number of hydrogen-bond donors (Lipinski definition) is 2. The van der Waals surface area contributed by atoms with Crippen molar-refractivity contribution in [2.75, 3.05) is 0 Å². The van der Waals surface area contributed by atoms with Gasteiger partial charge in [0.15, 0.2) is 5.78 Å². The van der Waals surface area contributed by atoms with Gasteiger partial charge in [-0.3, -0.25) is 4.79 Å². The predicted molar refractivity (Wildman–Crippen MR) is 109 cm³/mol. The van der Waals surface area contributed by atoms with E-state index in [1.54, 1.807) is 19.4 Å². The second kappa shape index (κ2) is 9.05. The molecule has 0 amide bonds. The largest absolute Gasteiger partial charge is 0.393 e. The molecule has 0 aromatic heterocycles. The molecular weight excluding hydrogens is 336 g/mol. The summed E-state index contributed by atoms with van der Waals surface area (Å²) >= 11 is 0. The Morgan fingerprint density at radius 2 is 1.89 bits per heavy atom. The Kier molecular flexibility index (Phi) is 6.97. The number of allylic oxidation sites excluding steroid dienone is 3. The molecule has 3 nitrogen and oxygen atoms in total. The van der Waals surface area contributed by atoms with E-state index in [1.807, 2.05) is 0 Å². The summed E-state index contributed by atoms with van der Waals surface area (Å²) in [7, 11) is 0. The molecule has 3 saturated carbocycles. The number of hydrogen-bond acceptors (Lipinski definition) is 3. The minimum absolute atomic E-state index is 0.0254. The van der Waals surface area contributed by atoms with Crippen LogP contribution in [0.2, 0.25) is 0 Å². The summed E-state index contributed by atoms with van der Waals surface area (Å²) in [4.78, 5) is 11.9. The molecule has 152 valence electrons. The Balaban J connectivity index is 1.54. The van der Waals surface area contributed by atoms with Crippen molar-refractivity contribution in [2.45, 2.75) is 103 Å². The number of aliphatic hydroxyl groups is 2. The first-order valence-electron chi connectivity index (χ1n) is 11.2. The van der Waals surface area contributed by atoms with E-state index in [4.69, 9.17) is 0 Å². The van der Waals surface area contributed by atoms with Gasteiger partial charge < -0.3 is 10.2 Å². The second-order valence-corrected chi connectivity index (χ2v) is 9.69. The van der Waals surface area contributed by atoms with Crippen LogP contribution in [0.15, 0.2) is 23.3 Å². The standard InChI is InChI=1S/C24H38O3/c1-24(2,27)23(26)11-5-8-19-14-15-22-18(7-4-10-21(19)22)13-12-17-6-3-9-20(25)16-17/h12-13,19-22,25,27H,3-11,14-16H2,1-2H3/b17-12-,18-13+/t19?,20-,21+,22?/m0/s1. The lowest BCUT2D eigenvalue weighted by atomic mass is 9.73. The lowest BCUT2D eigenvalue weighted by molar-refractivity contribution is -0.134. The highest BCUT2D eigenvalue weighted by Gasteiger charge is 2.39. The van der Waals surface area contributed by atoms with Crippen LogP contribution < -0.4 is 0 Å². The Hall–Kier alpha value is -0.930. The van der Waals surface area contributed by atoms with Crippen molar-refractivity contribution in [1.82, 2.24) is 0 Å². The molecule has 3 heteroatoms. The molecule has 3 fully saturated rings. The zero-order chi connectivity index (χ0) is 19.4. The predicted octanol–water partition coefficient (Wildman–Crippen LogP) is 5.11. The van der Waals surface area contributed by atoms with Crippen molar-refractivity contribution in [2.24, 2.45) is 17.8 Å².